The lowest BCUT2D eigenvalue weighted by atomic mass is 10.1. The number of nitrogens with two attached hydrogens (primary N) is 1. The Hall–Kier alpha value is -2.49. The van der Waals surface area contributed by atoms with Gasteiger partial charge in [0.25, 0.3) is 5.91 Å². The maximum Gasteiger partial charge on any atom is 0.253 e. The number of hydrogen-bond donors (Lipinski definition) is 2. The molecule has 2 rings (SSSR count). The summed E-state index contributed by atoms with van der Waals surface area (Å²) in [5.74, 6) is -0.0493. The highest BCUT2D eigenvalue weighted by Crippen LogP contribution is 2.21. The van der Waals surface area contributed by atoms with E-state index in [1.54, 1.807) is 26.2 Å². The van der Waals surface area contributed by atoms with E-state index in [0.29, 0.717) is 17.8 Å². The number of carbonyl (C=O) groups is 1. The van der Waals surface area contributed by atoms with Crippen LogP contribution in [0.3, 0.4) is 0 Å². The lowest BCUT2D eigenvalue weighted by molar-refractivity contribution is 0.0827. The molecule has 0 fully saturated rings. The molecule has 0 spiro atoms. The van der Waals surface area contributed by atoms with E-state index in [9.17, 15) is 4.79 Å². The molecule has 0 aliphatic heterocycles. The van der Waals surface area contributed by atoms with Gasteiger partial charge in [-0.05, 0) is 30.7 Å². The van der Waals surface area contributed by atoms with Crippen molar-refractivity contribution in [2.75, 3.05) is 25.1 Å². The first-order valence-electron chi connectivity index (χ1n) is 6.88. The van der Waals surface area contributed by atoms with E-state index in [-0.39, 0.29) is 5.91 Å². The van der Waals surface area contributed by atoms with Gasteiger partial charge in [0.15, 0.2) is 0 Å². The van der Waals surface area contributed by atoms with Crippen LogP contribution in [0, 0.1) is 6.92 Å². The number of nitrogens with zero attached hydrogens (tertiary/aromatic N) is 1. The quantitative estimate of drug-likeness (QED) is 0.848. The molecule has 0 bridgehead atoms. The van der Waals surface area contributed by atoms with Gasteiger partial charge in [-0.2, -0.15) is 0 Å². The number of nitrogen functional groups attached to an aromatic ring is 1. The highest BCUT2D eigenvalue weighted by Gasteiger charge is 2.09. The van der Waals surface area contributed by atoms with Gasteiger partial charge in [0.1, 0.15) is 0 Å². The number of amides is 1. The number of benzene rings is 2. The molecule has 4 nitrogen and oxygen atoms in total. The van der Waals surface area contributed by atoms with Gasteiger partial charge in [-0.3, -0.25) is 4.79 Å². The molecule has 0 heterocycles. The van der Waals surface area contributed by atoms with Gasteiger partial charge < -0.3 is 16.0 Å². The molecular weight excluding hydrogens is 262 g/mol. The van der Waals surface area contributed by atoms with Crippen molar-refractivity contribution < 1.29 is 4.79 Å². The molecule has 2 aromatic carbocycles. The van der Waals surface area contributed by atoms with Crippen LogP contribution in [0.2, 0.25) is 0 Å². The topological polar surface area (TPSA) is 58.4 Å². The van der Waals surface area contributed by atoms with Crippen molar-refractivity contribution >= 4 is 17.3 Å². The standard InChI is InChI=1S/C17H21N3O/c1-12-4-6-13(7-5-12)11-19-16-9-8-14(10-15(16)18)17(21)20(2)3/h4-10,19H,11,18H2,1-3H3. The van der Waals surface area contributed by atoms with Crippen LogP contribution in [0.1, 0.15) is 21.5 Å². The number of aryl methyl sites for hydroxylation is 1. The second kappa shape index (κ2) is 6.31. The van der Waals surface area contributed by atoms with Crippen LogP contribution in [0.5, 0.6) is 0 Å². The summed E-state index contributed by atoms with van der Waals surface area (Å²) in [6.07, 6.45) is 0. The summed E-state index contributed by atoms with van der Waals surface area (Å²) in [6.45, 7) is 2.77. The van der Waals surface area contributed by atoms with E-state index in [1.165, 1.54) is 16.0 Å². The average Bonchev–Trinajstić information content (AvgIpc) is 2.46. The molecule has 2 aromatic rings. The molecule has 0 saturated carbocycles. The molecule has 21 heavy (non-hydrogen) atoms. The first-order valence-corrected chi connectivity index (χ1v) is 6.88. The Morgan fingerprint density at radius 3 is 2.38 bits per heavy atom. The number of carbonyl (C=O) groups excluding carboxylic acids is 1. The number of rotatable bonds is 4. The van der Waals surface area contributed by atoms with Gasteiger partial charge in [0.2, 0.25) is 0 Å². The van der Waals surface area contributed by atoms with Gasteiger partial charge in [0.05, 0.1) is 11.4 Å². The third kappa shape index (κ3) is 3.75. The van der Waals surface area contributed by atoms with Crippen LogP contribution in [0.15, 0.2) is 42.5 Å². The van der Waals surface area contributed by atoms with E-state index < -0.39 is 0 Å². The lowest BCUT2D eigenvalue weighted by Crippen LogP contribution is -2.21. The fourth-order valence-corrected chi connectivity index (χ4v) is 2.02. The fraction of sp³-hybridized carbons (Fsp3) is 0.235. The van der Waals surface area contributed by atoms with Gasteiger partial charge >= 0.3 is 0 Å². The van der Waals surface area contributed by atoms with Crippen LogP contribution in [0.25, 0.3) is 0 Å². The highest BCUT2D eigenvalue weighted by atomic mass is 16.2. The Morgan fingerprint density at radius 2 is 1.81 bits per heavy atom. The van der Waals surface area contributed by atoms with Crippen molar-refractivity contribution in [3.63, 3.8) is 0 Å². The van der Waals surface area contributed by atoms with Gasteiger partial charge in [-0.15, -0.1) is 0 Å². The Bertz CT molecular complexity index is 633. The van der Waals surface area contributed by atoms with Crippen molar-refractivity contribution in [2.24, 2.45) is 0 Å². The average molecular weight is 283 g/mol. The van der Waals surface area contributed by atoms with Crippen LogP contribution < -0.4 is 11.1 Å². The Morgan fingerprint density at radius 1 is 1.14 bits per heavy atom. The fourth-order valence-electron chi connectivity index (χ4n) is 2.02. The molecule has 0 radical (unpaired) electrons. The number of hydrogen-bond acceptors (Lipinski definition) is 3. The third-order valence-electron chi connectivity index (χ3n) is 3.31. The lowest BCUT2D eigenvalue weighted by Gasteiger charge is -2.13. The van der Waals surface area contributed by atoms with E-state index >= 15 is 0 Å². The minimum atomic E-state index is -0.0493. The van der Waals surface area contributed by atoms with Crippen molar-refractivity contribution in [2.45, 2.75) is 13.5 Å². The van der Waals surface area contributed by atoms with Crippen LogP contribution in [-0.4, -0.2) is 24.9 Å². The van der Waals surface area contributed by atoms with Crippen LogP contribution in [-0.2, 0) is 6.54 Å². The summed E-state index contributed by atoms with van der Waals surface area (Å²) >= 11 is 0. The minimum Gasteiger partial charge on any atom is -0.397 e. The molecule has 0 saturated heterocycles. The number of anilines is 2. The van der Waals surface area contributed by atoms with E-state index in [1.807, 2.05) is 6.07 Å². The van der Waals surface area contributed by atoms with Crippen molar-refractivity contribution in [3.05, 3.63) is 59.2 Å². The maximum absolute atomic E-state index is 11.9. The SMILES string of the molecule is Cc1ccc(CNc2ccc(C(=O)N(C)C)cc2N)cc1. The first kappa shape index (κ1) is 14.9. The molecule has 3 N–H and O–H groups in total. The second-order valence-corrected chi connectivity index (χ2v) is 5.34. The summed E-state index contributed by atoms with van der Waals surface area (Å²) in [5, 5.41) is 3.29. The smallest absolute Gasteiger partial charge is 0.253 e. The molecule has 0 aromatic heterocycles. The molecule has 0 aliphatic carbocycles. The summed E-state index contributed by atoms with van der Waals surface area (Å²) < 4.78 is 0. The number of nitrogens with one attached hydrogen (secondary N) is 1. The van der Waals surface area contributed by atoms with Crippen molar-refractivity contribution in [1.82, 2.24) is 4.90 Å². The van der Waals surface area contributed by atoms with Crippen LogP contribution >= 0.6 is 0 Å². The molecule has 4 heteroatoms. The van der Waals surface area contributed by atoms with Gasteiger partial charge in [0, 0.05) is 26.2 Å². The van der Waals surface area contributed by atoms with Crippen molar-refractivity contribution in [1.29, 1.82) is 0 Å². The molecule has 0 aliphatic rings. The zero-order valence-corrected chi connectivity index (χ0v) is 12.7. The molecular formula is C17H21N3O. The summed E-state index contributed by atoms with van der Waals surface area (Å²) in [7, 11) is 3.45. The highest BCUT2D eigenvalue weighted by molar-refractivity contribution is 5.95. The first-order chi connectivity index (χ1) is 9.97. The van der Waals surface area contributed by atoms with E-state index in [2.05, 4.69) is 36.5 Å². The Labute approximate surface area is 125 Å². The van der Waals surface area contributed by atoms with Crippen molar-refractivity contribution in [3.8, 4) is 0 Å². The summed E-state index contributed by atoms with van der Waals surface area (Å²) in [4.78, 5) is 13.4. The Balaban J connectivity index is 2.07. The largest absolute Gasteiger partial charge is 0.397 e. The predicted molar refractivity (Wildman–Crippen MR) is 87.4 cm³/mol. The van der Waals surface area contributed by atoms with E-state index in [0.717, 1.165) is 5.69 Å². The van der Waals surface area contributed by atoms with Gasteiger partial charge in [-0.25, -0.2) is 0 Å². The minimum absolute atomic E-state index is 0.0493. The zero-order valence-electron chi connectivity index (χ0n) is 12.7. The van der Waals surface area contributed by atoms with Gasteiger partial charge in [-0.1, -0.05) is 29.8 Å². The Kier molecular flexibility index (Phi) is 4.48. The summed E-state index contributed by atoms with van der Waals surface area (Å²) in [5.41, 5.74) is 10.5. The van der Waals surface area contributed by atoms with Crippen LogP contribution in [0.4, 0.5) is 11.4 Å². The second-order valence-electron chi connectivity index (χ2n) is 5.34. The summed E-state index contributed by atoms with van der Waals surface area (Å²) in [6, 6.07) is 13.7. The molecule has 110 valence electrons. The molecule has 0 atom stereocenters. The third-order valence-corrected chi connectivity index (χ3v) is 3.31. The van der Waals surface area contributed by atoms with E-state index in [4.69, 9.17) is 5.73 Å². The molecule has 0 unspecified atom stereocenters. The predicted octanol–water partition coefficient (Wildman–Crippen LogP) is 2.89. The monoisotopic (exact) mass is 283 g/mol. The molecule has 1 amide bonds. The maximum atomic E-state index is 11.9. The zero-order chi connectivity index (χ0) is 15.4. The normalized spacial score (nSPS) is 10.2.